The van der Waals surface area contributed by atoms with Gasteiger partial charge in [-0.1, -0.05) is 120 Å². The standard InChI is InChI=1S/C48H84O14/c1-3-5-7-9-11-13-15-17-18-19-21-23-25-27-29-31-40(50)60-37(34-57-32-30-28-26-24-22-20-16-14-12-10-8-6-4-2)35-58-47-46(56)44(54)42(52)39(62-47)36-59-48-45(55)43(53)41(51)38(33-49)61-48/h5,7,11-14,17-18,37-39,41-49,51-56H,3-4,6,8-10,15-16,19-36H2,1-2H3/b7-5-,13-11-,14-12-,18-17-. The van der Waals surface area contributed by atoms with E-state index in [0.29, 0.717) is 13.0 Å². The topological polar surface area (TPSA) is 214 Å². The number of ether oxygens (including phenoxy) is 6. The number of aliphatic hydroxyl groups is 7. The highest BCUT2D eigenvalue weighted by atomic mass is 16.7. The van der Waals surface area contributed by atoms with Crippen LogP contribution in [-0.2, 0) is 33.2 Å². The summed E-state index contributed by atoms with van der Waals surface area (Å²) in [4.78, 5) is 13.0. The molecule has 2 fully saturated rings. The number of hydrogen-bond donors (Lipinski definition) is 7. The predicted octanol–water partition coefficient (Wildman–Crippen LogP) is 6.01. The lowest BCUT2D eigenvalue weighted by Crippen LogP contribution is -2.61. The van der Waals surface area contributed by atoms with Crippen molar-refractivity contribution < 1.29 is 69.0 Å². The Morgan fingerprint density at radius 1 is 0.548 bits per heavy atom. The summed E-state index contributed by atoms with van der Waals surface area (Å²) in [6, 6.07) is 0. The van der Waals surface area contributed by atoms with Crippen molar-refractivity contribution in [2.24, 2.45) is 0 Å². The van der Waals surface area contributed by atoms with Gasteiger partial charge in [0.15, 0.2) is 12.6 Å². The number of carbonyl (C=O) groups is 1. The number of carbonyl (C=O) groups excluding carboxylic acids is 1. The van der Waals surface area contributed by atoms with Gasteiger partial charge in [0.1, 0.15) is 54.9 Å². The van der Waals surface area contributed by atoms with Crippen LogP contribution in [0.2, 0.25) is 0 Å². The Hall–Kier alpha value is -2.05. The molecule has 2 saturated heterocycles. The van der Waals surface area contributed by atoms with Crippen molar-refractivity contribution in [3.05, 3.63) is 48.6 Å². The van der Waals surface area contributed by atoms with E-state index in [-0.39, 0.29) is 19.6 Å². The number of rotatable bonds is 36. The number of aliphatic hydroxyl groups excluding tert-OH is 7. The second-order valence-electron chi connectivity index (χ2n) is 16.5. The molecule has 2 aliphatic rings. The Balaban J connectivity index is 1.81. The molecule has 0 aromatic carbocycles. The van der Waals surface area contributed by atoms with Gasteiger partial charge in [-0.15, -0.1) is 0 Å². The van der Waals surface area contributed by atoms with Crippen LogP contribution in [0.3, 0.4) is 0 Å². The molecule has 2 rings (SSSR count). The molecular formula is C48H84O14. The van der Waals surface area contributed by atoms with Crippen LogP contribution in [0.5, 0.6) is 0 Å². The van der Waals surface area contributed by atoms with Gasteiger partial charge in [-0.05, 0) is 70.6 Å². The minimum absolute atomic E-state index is 0.0488. The normalized spacial score (nSPS) is 27.6. The molecular weight excluding hydrogens is 801 g/mol. The smallest absolute Gasteiger partial charge is 0.306 e. The average Bonchev–Trinajstić information content (AvgIpc) is 3.27. The first kappa shape index (κ1) is 56.1. The lowest BCUT2D eigenvalue weighted by atomic mass is 9.98. The molecule has 2 aliphatic heterocycles. The molecule has 11 unspecified atom stereocenters. The monoisotopic (exact) mass is 885 g/mol. The van der Waals surface area contributed by atoms with Crippen LogP contribution < -0.4 is 0 Å². The fourth-order valence-electron chi connectivity index (χ4n) is 7.17. The van der Waals surface area contributed by atoms with Crippen LogP contribution in [0.4, 0.5) is 0 Å². The Labute approximate surface area is 372 Å². The van der Waals surface area contributed by atoms with Crippen molar-refractivity contribution in [1.29, 1.82) is 0 Å². The molecule has 360 valence electrons. The maximum absolute atomic E-state index is 13.0. The lowest BCUT2D eigenvalue weighted by molar-refractivity contribution is -0.332. The minimum Gasteiger partial charge on any atom is -0.457 e. The summed E-state index contributed by atoms with van der Waals surface area (Å²) in [6.07, 6.45) is 23.2. The zero-order valence-corrected chi connectivity index (χ0v) is 37.8. The second kappa shape index (κ2) is 36.2. The van der Waals surface area contributed by atoms with E-state index < -0.39 is 86.7 Å². The summed E-state index contributed by atoms with van der Waals surface area (Å²) in [5.74, 6) is -0.398. The SMILES string of the molecule is CC/C=C\C/C=C\C/C=C\CCCCCCCC(=O)OC(COCCCCCCCC/C=C\CCCCC)COC1OC(COC2OC(CO)C(O)C(O)C2O)C(O)C(O)C1O. The molecule has 62 heavy (non-hydrogen) atoms. The summed E-state index contributed by atoms with van der Waals surface area (Å²) < 4.78 is 34.2. The Morgan fingerprint density at radius 2 is 1.05 bits per heavy atom. The van der Waals surface area contributed by atoms with E-state index in [4.69, 9.17) is 28.4 Å². The molecule has 0 amide bonds. The van der Waals surface area contributed by atoms with Crippen LogP contribution >= 0.6 is 0 Å². The highest BCUT2D eigenvalue weighted by Crippen LogP contribution is 2.26. The molecule has 14 nitrogen and oxygen atoms in total. The molecule has 0 saturated carbocycles. The molecule has 0 bridgehead atoms. The van der Waals surface area contributed by atoms with E-state index in [0.717, 1.165) is 77.0 Å². The fourth-order valence-corrected chi connectivity index (χ4v) is 7.17. The van der Waals surface area contributed by atoms with Gasteiger partial charge in [-0.2, -0.15) is 0 Å². The summed E-state index contributed by atoms with van der Waals surface area (Å²) in [5.41, 5.74) is 0. The van der Waals surface area contributed by atoms with Gasteiger partial charge in [-0.25, -0.2) is 0 Å². The summed E-state index contributed by atoms with van der Waals surface area (Å²) in [6.45, 7) is 3.49. The zero-order chi connectivity index (χ0) is 45.2. The first-order valence-electron chi connectivity index (χ1n) is 23.7. The van der Waals surface area contributed by atoms with E-state index in [1.807, 2.05) is 0 Å². The van der Waals surface area contributed by atoms with E-state index in [9.17, 15) is 40.5 Å². The van der Waals surface area contributed by atoms with Gasteiger partial charge >= 0.3 is 5.97 Å². The largest absolute Gasteiger partial charge is 0.457 e. The third kappa shape index (κ3) is 24.3. The average molecular weight is 885 g/mol. The number of hydrogen-bond acceptors (Lipinski definition) is 14. The van der Waals surface area contributed by atoms with Gasteiger partial charge in [-0.3, -0.25) is 4.79 Å². The zero-order valence-electron chi connectivity index (χ0n) is 37.8. The predicted molar refractivity (Wildman–Crippen MR) is 238 cm³/mol. The van der Waals surface area contributed by atoms with Crippen molar-refractivity contribution in [3.63, 3.8) is 0 Å². The Morgan fingerprint density at radius 3 is 1.66 bits per heavy atom. The molecule has 11 atom stereocenters. The van der Waals surface area contributed by atoms with Crippen LogP contribution in [-0.4, -0.2) is 142 Å². The highest BCUT2D eigenvalue weighted by Gasteiger charge is 2.47. The molecule has 0 spiro atoms. The maximum Gasteiger partial charge on any atom is 0.306 e. The molecule has 14 heteroatoms. The van der Waals surface area contributed by atoms with Gasteiger partial charge in [0, 0.05) is 13.0 Å². The van der Waals surface area contributed by atoms with Gasteiger partial charge < -0.3 is 64.2 Å². The number of unbranched alkanes of at least 4 members (excludes halogenated alkanes) is 14. The highest BCUT2D eigenvalue weighted by molar-refractivity contribution is 5.69. The van der Waals surface area contributed by atoms with E-state index >= 15 is 0 Å². The number of allylic oxidation sites excluding steroid dienone is 8. The molecule has 0 radical (unpaired) electrons. The second-order valence-corrected chi connectivity index (χ2v) is 16.5. The summed E-state index contributed by atoms with van der Waals surface area (Å²) in [5, 5.41) is 72.0. The summed E-state index contributed by atoms with van der Waals surface area (Å²) >= 11 is 0. The van der Waals surface area contributed by atoms with Crippen LogP contribution in [0.1, 0.15) is 149 Å². The van der Waals surface area contributed by atoms with Crippen molar-refractivity contribution >= 4 is 5.97 Å². The first-order valence-corrected chi connectivity index (χ1v) is 23.7. The molecule has 2 heterocycles. The molecule has 7 N–H and O–H groups in total. The lowest BCUT2D eigenvalue weighted by Gasteiger charge is -2.42. The molecule has 0 aromatic heterocycles. The summed E-state index contributed by atoms with van der Waals surface area (Å²) in [7, 11) is 0. The molecule has 0 aliphatic carbocycles. The van der Waals surface area contributed by atoms with Crippen molar-refractivity contribution in [2.45, 2.75) is 216 Å². The maximum atomic E-state index is 13.0. The minimum atomic E-state index is -1.71. The van der Waals surface area contributed by atoms with Crippen molar-refractivity contribution in [2.75, 3.05) is 33.0 Å². The van der Waals surface area contributed by atoms with Crippen molar-refractivity contribution in [1.82, 2.24) is 0 Å². The van der Waals surface area contributed by atoms with Crippen molar-refractivity contribution in [3.8, 4) is 0 Å². The first-order chi connectivity index (χ1) is 30.1. The van der Waals surface area contributed by atoms with Crippen LogP contribution in [0.15, 0.2) is 48.6 Å². The van der Waals surface area contributed by atoms with Crippen LogP contribution in [0, 0.1) is 0 Å². The quantitative estimate of drug-likeness (QED) is 0.0218. The van der Waals surface area contributed by atoms with E-state index in [1.54, 1.807) is 0 Å². The third-order valence-corrected chi connectivity index (χ3v) is 11.1. The fraction of sp³-hybridized carbons (Fsp3) is 0.812. The van der Waals surface area contributed by atoms with Crippen LogP contribution in [0.25, 0.3) is 0 Å². The number of esters is 1. The Bertz CT molecular complexity index is 1210. The molecule has 0 aromatic rings. The Kier molecular flexibility index (Phi) is 32.7. The van der Waals surface area contributed by atoms with E-state index in [1.165, 1.54) is 44.9 Å². The third-order valence-electron chi connectivity index (χ3n) is 11.1. The van der Waals surface area contributed by atoms with Gasteiger partial charge in [0.25, 0.3) is 0 Å². The van der Waals surface area contributed by atoms with Gasteiger partial charge in [0.2, 0.25) is 0 Å². The van der Waals surface area contributed by atoms with E-state index in [2.05, 4.69) is 62.5 Å². The van der Waals surface area contributed by atoms with Gasteiger partial charge in [0.05, 0.1) is 26.4 Å².